The Morgan fingerprint density at radius 3 is 1.96 bits per heavy atom. The van der Waals surface area contributed by atoms with E-state index in [0.717, 1.165) is 37.2 Å². The maximum absolute atomic E-state index is 13.0. The molecule has 54 heavy (non-hydrogen) atoms. The van der Waals surface area contributed by atoms with Crippen molar-refractivity contribution in [1.82, 2.24) is 15.5 Å². The van der Waals surface area contributed by atoms with Crippen LogP contribution in [0.15, 0.2) is 12.7 Å². The molecule has 0 aliphatic heterocycles. The van der Waals surface area contributed by atoms with Gasteiger partial charge in [0.15, 0.2) is 25.0 Å². The van der Waals surface area contributed by atoms with E-state index >= 15 is 0 Å². The second kappa shape index (κ2) is 22.5. The molecule has 1 rings (SSSR count). The van der Waals surface area contributed by atoms with E-state index in [2.05, 4.69) is 96.9 Å². The SMILES string of the molecule is C=CC(=O)NCCSCCCN(CCOC(=O)NC1CC(C)(C)CC(C)(CCC(=O)OCCC[Si](O[Si](C)(C)C)(O[Si](C)(C)C)O[Si](C)(C)C)C1)C(C)=O. The van der Waals surface area contributed by atoms with Crippen LogP contribution in [0.3, 0.4) is 0 Å². The summed E-state index contributed by atoms with van der Waals surface area (Å²) in [6, 6.07) is 0.530. The summed E-state index contributed by atoms with van der Waals surface area (Å²) in [6.45, 7) is 32.9. The molecule has 1 saturated carbocycles. The van der Waals surface area contributed by atoms with Crippen LogP contribution in [0.1, 0.15) is 72.6 Å². The molecule has 0 saturated heterocycles. The van der Waals surface area contributed by atoms with E-state index in [1.807, 2.05) is 0 Å². The van der Waals surface area contributed by atoms with E-state index in [-0.39, 0.29) is 41.3 Å². The number of carbonyl (C=O) groups is 4. The number of nitrogens with zero attached hydrogens (tertiary/aromatic N) is 1. The predicted octanol–water partition coefficient (Wildman–Crippen LogP) is 7.78. The van der Waals surface area contributed by atoms with Crippen LogP contribution in [-0.4, -0.2) is 113 Å². The van der Waals surface area contributed by atoms with Crippen molar-refractivity contribution in [3.8, 4) is 0 Å². The van der Waals surface area contributed by atoms with Crippen molar-refractivity contribution in [2.75, 3.05) is 44.4 Å². The van der Waals surface area contributed by atoms with Gasteiger partial charge in [-0.25, -0.2) is 4.79 Å². The normalized spacial score (nSPS) is 19.1. The molecule has 0 spiro atoms. The van der Waals surface area contributed by atoms with Gasteiger partial charge in [0.05, 0.1) is 13.2 Å². The number of thioether (sulfide) groups is 1. The molecular formula is C37H75N3O9SSi4. The van der Waals surface area contributed by atoms with E-state index in [1.165, 1.54) is 13.0 Å². The van der Waals surface area contributed by atoms with Crippen molar-refractivity contribution in [1.29, 1.82) is 0 Å². The van der Waals surface area contributed by atoms with E-state index in [1.54, 1.807) is 16.7 Å². The minimum Gasteiger partial charge on any atom is -0.466 e. The van der Waals surface area contributed by atoms with Gasteiger partial charge in [0.2, 0.25) is 11.8 Å². The minimum atomic E-state index is -2.98. The molecule has 2 N–H and O–H groups in total. The van der Waals surface area contributed by atoms with Crippen LogP contribution in [0, 0.1) is 10.8 Å². The molecule has 12 nitrogen and oxygen atoms in total. The molecule has 1 fully saturated rings. The van der Waals surface area contributed by atoms with Crippen LogP contribution in [-0.2, 0) is 36.2 Å². The molecule has 0 heterocycles. The summed E-state index contributed by atoms with van der Waals surface area (Å²) in [5.41, 5.74) is -0.199. The van der Waals surface area contributed by atoms with Gasteiger partial charge in [-0.05, 0) is 120 Å². The molecule has 2 unspecified atom stereocenters. The Bertz CT molecular complexity index is 1180. The van der Waals surface area contributed by atoms with Gasteiger partial charge in [-0.3, -0.25) is 14.4 Å². The topological polar surface area (TPSA) is 142 Å². The largest absolute Gasteiger partial charge is 0.469 e. The number of alkyl carbamates (subject to hydrolysis) is 1. The summed E-state index contributed by atoms with van der Waals surface area (Å²) in [4.78, 5) is 51.0. The predicted molar refractivity (Wildman–Crippen MR) is 230 cm³/mol. The van der Waals surface area contributed by atoms with Gasteiger partial charge in [0.1, 0.15) is 6.61 Å². The lowest BCUT2D eigenvalue weighted by Gasteiger charge is -2.46. The van der Waals surface area contributed by atoms with Crippen LogP contribution in [0.4, 0.5) is 4.79 Å². The number of rotatable bonds is 25. The summed E-state index contributed by atoms with van der Waals surface area (Å²) in [7, 11) is -8.93. The second-order valence-corrected chi connectivity index (χ2v) is 36.9. The second-order valence-electron chi connectivity index (χ2n) is 18.7. The first-order valence-electron chi connectivity index (χ1n) is 19.6. The Morgan fingerprint density at radius 1 is 0.833 bits per heavy atom. The highest BCUT2D eigenvalue weighted by molar-refractivity contribution is 7.99. The lowest BCUT2D eigenvalue weighted by Crippen LogP contribution is -2.60. The van der Waals surface area contributed by atoms with Gasteiger partial charge >= 0.3 is 20.9 Å². The number of carbonyl (C=O) groups excluding carboxylic acids is 4. The summed E-state index contributed by atoms with van der Waals surface area (Å²) < 4.78 is 31.5. The maximum atomic E-state index is 13.0. The van der Waals surface area contributed by atoms with Crippen molar-refractivity contribution >= 4 is 69.4 Å². The summed E-state index contributed by atoms with van der Waals surface area (Å²) in [5, 5.41) is 5.81. The van der Waals surface area contributed by atoms with Crippen molar-refractivity contribution in [2.24, 2.45) is 10.8 Å². The zero-order valence-corrected chi connectivity index (χ0v) is 40.8. The highest BCUT2D eigenvalue weighted by atomic mass is 32.2. The molecule has 0 aromatic rings. The van der Waals surface area contributed by atoms with Crippen LogP contribution in [0.2, 0.25) is 65.0 Å². The molecule has 1 aliphatic carbocycles. The Kier molecular flexibility index (Phi) is 21.0. The van der Waals surface area contributed by atoms with Crippen LogP contribution in [0.25, 0.3) is 0 Å². The van der Waals surface area contributed by atoms with E-state index < -0.39 is 39.8 Å². The third kappa shape index (κ3) is 23.6. The Balaban J connectivity index is 2.62. The zero-order chi connectivity index (χ0) is 41.4. The number of amides is 3. The summed E-state index contributed by atoms with van der Waals surface area (Å²) in [6.07, 6.45) is 5.62. The lowest BCUT2D eigenvalue weighted by atomic mass is 9.61. The number of hydrogen-bond acceptors (Lipinski definition) is 10. The van der Waals surface area contributed by atoms with Crippen molar-refractivity contribution in [3.05, 3.63) is 12.7 Å². The van der Waals surface area contributed by atoms with Gasteiger partial charge in [-0.15, -0.1) is 0 Å². The third-order valence-electron chi connectivity index (χ3n) is 8.46. The fraction of sp³-hybridized carbons (Fsp3) is 0.838. The number of ether oxygens (including phenoxy) is 2. The van der Waals surface area contributed by atoms with Gasteiger partial charge < -0.3 is 37.4 Å². The minimum absolute atomic E-state index is 0.0351. The highest BCUT2D eigenvalue weighted by Gasteiger charge is 2.49. The Morgan fingerprint density at radius 2 is 1.43 bits per heavy atom. The summed E-state index contributed by atoms with van der Waals surface area (Å²) in [5.74, 6) is 1.16. The molecule has 0 aromatic carbocycles. The first kappa shape index (κ1) is 50.5. The number of nitrogens with one attached hydrogen (secondary N) is 2. The molecule has 1 aliphatic rings. The quantitative estimate of drug-likeness (QED) is 0.0405. The van der Waals surface area contributed by atoms with Gasteiger partial charge in [0.25, 0.3) is 0 Å². The van der Waals surface area contributed by atoms with Crippen molar-refractivity contribution in [2.45, 2.75) is 144 Å². The number of hydrogen-bond donors (Lipinski definition) is 2. The number of esters is 1. The zero-order valence-electron chi connectivity index (χ0n) is 36.0. The average molecular weight is 850 g/mol. The monoisotopic (exact) mass is 849 g/mol. The molecule has 0 aromatic heterocycles. The smallest absolute Gasteiger partial charge is 0.466 e. The fourth-order valence-corrected chi connectivity index (χ4v) is 22.6. The van der Waals surface area contributed by atoms with Gasteiger partial charge in [-0.2, -0.15) is 11.8 Å². The Labute approximate surface area is 336 Å². The van der Waals surface area contributed by atoms with Crippen LogP contribution < -0.4 is 10.6 Å². The lowest BCUT2D eigenvalue weighted by molar-refractivity contribution is -0.144. The first-order chi connectivity index (χ1) is 24.7. The van der Waals surface area contributed by atoms with Crippen molar-refractivity contribution in [3.63, 3.8) is 0 Å². The fourth-order valence-electron chi connectivity index (χ4n) is 7.15. The Hall–Kier alpha value is -1.48. The maximum Gasteiger partial charge on any atom is 0.469 e. The third-order valence-corrected chi connectivity index (χ3v) is 21.6. The molecular weight excluding hydrogens is 775 g/mol. The average Bonchev–Trinajstić information content (AvgIpc) is 2.96. The summed E-state index contributed by atoms with van der Waals surface area (Å²) >= 11 is 1.70. The van der Waals surface area contributed by atoms with Crippen LogP contribution in [0.5, 0.6) is 0 Å². The molecule has 314 valence electrons. The molecule has 3 amide bonds. The molecule has 0 radical (unpaired) electrons. The first-order valence-corrected chi connectivity index (χ1v) is 32.9. The molecule has 17 heteroatoms. The molecule has 2 atom stereocenters. The van der Waals surface area contributed by atoms with E-state index in [0.29, 0.717) is 51.5 Å². The van der Waals surface area contributed by atoms with Gasteiger partial charge in [-0.1, -0.05) is 27.4 Å². The van der Waals surface area contributed by atoms with E-state index in [4.69, 9.17) is 21.8 Å². The standard InChI is InChI=1S/C37H75N3O9SSi4/c1-15-33(42)38-20-26-50-25-16-21-40(31(2)41)22-24-46-35(44)39-32-28-36(3,4)30-37(5,29-32)19-18-34(43)45-23-17-27-54(47-51(6,7)8,48-52(9,10)11)49-53(12,13)14/h15,32H,1,16-30H2,2-14H3,(H,38,42)(H,39,44). The molecule has 0 bridgehead atoms. The van der Waals surface area contributed by atoms with Crippen LogP contribution >= 0.6 is 11.8 Å². The van der Waals surface area contributed by atoms with Gasteiger partial charge in [0, 0.05) is 44.3 Å². The van der Waals surface area contributed by atoms with Crippen molar-refractivity contribution < 1.29 is 41.0 Å². The highest BCUT2D eigenvalue weighted by Crippen LogP contribution is 2.48. The van der Waals surface area contributed by atoms with E-state index in [9.17, 15) is 19.2 Å².